The Labute approximate surface area is 585 Å². The van der Waals surface area contributed by atoms with Gasteiger partial charge in [-0.2, -0.15) is 0 Å². The summed E-state index contributed by atoms with van der Waals surface area (Å²) in [7, 11) is 0. The van der Waals surface area contributed by atoms with Gasteiger partial charge in [-0.15, -0.1) is 22.1 Å². The standard InChI is InChI=1S/C86H100N6O4.Co/c1-79(2,3)51-35-49(36-52(41-51)80(4,5)6)72-61-27-31-65(87-61)74(71-47(39-69(93)55-43-83(55,13)14)23-21-24-48(71)40-70(94)56-44-84(56,15)16)66-32-28-62(88-66)73(50-37-53(81(7,8)9)42-54(38-50)82(10,11)12)64-30-34-68(90-64)76(67-33-29-63(72)89-67)75-59(91-77(95)57-45-85(57,17)18)25-22-26-60(75)92-78(96)58-46-86(58,19)20;/h21-38,41-42,55-58H,39-40,43-46H2,1-20H3,(H4,87,88,89,90,91,92,95,96);/q;+2/p-2/t55-,56-,57-,58-;/m1./s1. The molecule has 3 aromatic heterocycles. The van der Waals surface area contributed by atoms with E-state index in [2.05, 4.69) is 234 Å². The molecule has 1 radical (unpaired) electrons. The Morgan fingerprint density at radius 3 is 0.969 bits per heavy atom. The molecule has 5 heterocycles. The van der Waals surface area contributed by atoms with Crippen LogP contribution in [0, 0.1) is 45.3 Å². The predicted molar refractivity (Wildman–Crippen MR) is 396 cm³/mol. The van der Waals surface area contributed by atoms with Gasteiger partial charge in [0.25, 0.3) is 0 Å². The van der Waals surface area contributed by atoms with Crippen LogP contribution < -0.4 is 20.6 Å². The molecule has 7 aromatic rings. The molecule has 2 aliphatic heterocycles. The molecule has 10 nitrogen and oxygen atoms in total. The summed E-state index contributed by atoms with van der Waals surface area (Å²) in [6.45, 7) is 44.2. The molecule has 0 saturated heterocycles. The number of carbonyl (C=O) groups excluding carboxylic acids is 4. The first kappa shape index (κ1) is 69.2. The van der Waals surface area contributed by atoms with Gasteiger partial charge in [0.1, 0.15) is 11.6 Å². The van der Waals surface area contributed by atoms with E-state index in [0.29, 0.717) is 67.3 Å². The van der Waals surface area contributed by atoms with Crippen molar-refractivity contribution < 1.29 is 36.0 Å². The summed E-state index contributed by atoms with van der Waals surface area (Å²) in [5.41, 5.74) is 17.4. The molecule has 2 N–H and O–H groups in total. The molecule has 505 valence electrons. The number of aromatic nitrogens is 4. The minimum Gasteiger partial charge on any atom is -0.657 e. The number of nitrogens with one attached hydrogen (secondary N) is 2. The zero-order valence-electron chi connectivity index (χ0n) is 60.9. The number of hydrogen-bond acceptors (Lipinski definition) is 6. The number of benzene rings is 4. The molecular formula is C86H98CoN6O4. The number of Topliss-reactive ketones (excluding diaryl/α,β-unsaturated/α-hetero) is 2. The number of amides is 2. The van der Waals surface area contributed by atoms with Crippen molar-refractivity contribution in [3.8, 4) is 44.5 Å². The number of nitrogens with zero attached hydrogens (tertiary/aromatic N) is 4. The average Bonchev–Trinajstić information content (AvgIpc) is 1.66. The van der Waals surface area contributed by atoms with Gasteiger partial charge < -0.3 is 20.6 Å². The second-order valence-electron chi connectivity index (χ2n) is 35.9. The fourth-order valence-corrected chi connectivity index (χ4v) is 14.7. The second-order valence-corrected chi connectivity index (χ2v) is 35.9. The number of fused-ring (bicyclic) bond motifs is 8. The molecule has 13 rings (SSSR count). The van der Waals surface area contributed by atoms with Crippen LogP contribution in [0.25, 0.3) is 90.9 Å². The van der Waals surface area contributed by atoms with Crippen molar-refractivity contribution in [2.75, 3.05) is 10.6 Å². The fraction of sp³-hybridized carbons (Fsp3) is 0.442. The first-order valence-corrected chi connectivity index (χ1v) is 35.0. The van der Waals surface area contributed by atoms with Gasteiger partial charge in [-0.05, 0) is 178 Å². The van der Waals surface area contributed by atoms with Gasteiger partial charge in [-0.1, -0.05) is 223 Å². The van der Waals surface area contributed by atoms with E-state index in [9.17, 15) is 19.2 Å². The van der Waals surface area contributed by atoms with Gasteiger partial charge >= 0.3 is 16.8 Å². The molecule has 6 aliphatic rings. The molecule has 4 aromatic carbocycles. The average molecular weight is 1340 g/mol. The van der Waals surface area contributed by atoms with Crippen LogP contribution in [0.5, 0.6) is 0 Å². The van der Waals surface area contributed by atoms with Crippen LogP contribution in [0.1, 0.15) is 220 Å². The number of hydrogen-bond donors (Lipinski definition) is 2. The van der Waals surface area contributed by atoms with Crippen molar-refractivity contribution in [1.82, 2.24) is 19.9 Å². The predicted octanol–water partition coefficient (Wildman–Crippen LogP) is 20.1. The van der Waals surface area contributed by atoms with Crippen molar-refractivity contribution in [2.24, 2.45) is 45.3 Å². The van der Waals surface area contributed by atoms with Crippen molar-refractivity contribution in [3.05, 3.63) is 153 Å². The molecule has 2 amide bonds. The van der Waals surface area contributed by atoms with Gasteiger partial charge in [0, 0.05) is 42.1 Å². The molecule has 4 fully saturated rings. The SMILES string of the molecule is CC(C)(C)c1cc(-c2c3nc(c(-c4c(NC(=O)[C@H]5CC5(C)C)cccc4NC(=O)[C@H]4CC4(C)C)c4ccc([n-]4)c(-c4cc(C(C)(C)C)cc(C(C)(C)C)c4)c4nc(c(-c5c(CC(=O)[C@H]6CC6(C)C)cccc5CC(=O)[C@H]5CC5(C)C)c5ccc2[n-]5)C=C4)C=C3)cc(C(C)(C)C)c1.[Co+2]. The molecule has 8 bridgehead atoms. The van der Waals surface area contributed by atoms with E-state index in [1.165, 1.54) is 0 Å². The van der Waals surface area contributed by atoms with Gasteiger partial charge in [-0.25, -0.2) is 9.97 Å². The van der Waals surface area contributed by atoms with Crippen LogP contribution in [-0.2, 0) is 70.5 Å². The minimum atomic E-state index is -0.243. The summed E-state index contributed by atoms with van der Waals surface area (Å²) in [4.78, 5) is 82.1. The van der Waals surface area contributed by atoms with Crippen LogP contribution in [0.15, 0.2) is 97.1 Å². The second kappa shape index (κ2) is 23.7. The third-order valence-corrected chi connectivity index (χ3v) is 22.0. The Morgan fingerprint density at radius 2 is 0.670 bits per heavy atom. The molecule has 4 atom stereocenters. The van der Waals surface area contributed by atoms with E-state index in [0.717, 1.165) is 92.4 Å². The Hall–Kier alpha value is -7.73. The van der Waals surface area contributed by atoms with Crippen molar-refractivity contribution in [2.45, 2.75) is 199 Å². The van der Waals surface area contributed by atoms with Crippen molar-refractivity contribution in [1.29, 1.82) is 0 Å². The zero-order chi connectivity index (χ0) is 69.1. The smallest absolute Gasteiger partial charge is 0.657 e. The molecule has 0 unspecified atom stereocenters. The minimum absolute atomic E-state index is 0. The molecule has 11 heteroatoms. The van der Waals surface area contributed by atoms with E-state index >= 15 is 0 Å². The maximum atomic E-state index is 14.7. The maximum absolute atomic E-state index is 14.7. The maximum Gasteiger partial charge on any atom is 2.00 e. The largest absolute Gasteiger partial charge is 2.00 e. The monoisotopic (exact) mass is 1340 g/mol. The topological polar surface area (TPSA) is 146 Å². The first-order chi connectivity index (χ1) is 44.7. The van der Waals surface area contributed by atoms with Gasteiger partial charge in [0.2, 0.25) is 11.8 Å². The molecule has 0 spiro atoms. The first-order valence-electron chi connectivity index (χ1n) is 35.0. The quantitative estimate of drug-likeness (QED) is 0.109. The van der Waals surface area contributed by atoms with Crippen LogP contribution in [0.2, 0.25) is 0 Å². The van der Waals surface area contributed by atoms with Crippen LogP contribution in [0.3, 0.4) is 0 Å². The number of rotatable bonds is 14. The van der Waals surface area contributed by atoms with Crippen LogP contribution >= 0.6 is 0 Å². The third-order valence-electron chi connectivity index (χ3n) is 22.0. The number of ketones is 2. The summed E-state index contributed by atoms with van der Waals surface area (Å²) < 4.78 is 0. The number of carbonyl (C=O) groups is 4. The van der Waals surface area contributed by atoms with E-state index < -0.39 is 0 Å². The Morgan fingerprint density at radius 1 is 0.392 bits per heavy atom. The Balaban J connectivity index is 0.00000897. The van der Waals surface area contributed by atoms with E-state index in [1.807, 2.05) is 36.4 Å². The van der Waals surface area contributed by atoms with E-state index in [-0.39, 0.29) is 120 Å². The summed E-state index contributed by atoms with van der Waals surface area (Å²) in [5, 5.41) is 6.81. The van der Waals surface area contributed by atoms with Crippen molar-refractivity contribution in [3.63, 3.8) is 0 Å². The molecule has 97 heavy (non-hydrogen) atoms. The normalized spacial score (nSPS) is 20.0. The number of anilines is 2. The molecular weight excluding hydrogens is 1240 g/mol. The summed E-state index contributed by atoms with van der Waals surface area (Å²) >= 11 is 0. The van der Waals surface area contributed by atoms with Crippen LogP contribution in [0.4, 0.5) is 11.4 Å². The Bertz CT molecular complexity index is 4230. The Kier molecular flexibility index (Phi) is 16.9. The van der Waals surface area contributed by atoms with Gasteiger partial charge in [0.15, 0.2) is 0 Å². The summed E-state index contributed by atoms with van der Waals surface area (Å²) in [5.74, 6) is -0.317. The zero-order valence-corrected chi connectivity index (χ0v) is 61.9. The molecule has 4 aliphatic carbocycles. The third kappa shape index (κ3) is 13.5. The van der Waals surface area contributed by atoms with Gasteiger partial charge in [-0.3, -0.25) is 19.2 Å². The molecule has 4 saturated carbocycles. The summed E-state index contributed by atoms with van der Waals surface area (Å²) in [6.07, 6.45) is 11.9. The van der Waals surface area contributed by atoms with E-state index in [4.69, 9.17) is 19.9 Å². The van der Waals surface area contributed by atoms with E-state index in [1.54, 1.807) is 0 Å². The van der Waals surface area contributed by atoms with Gasteiger partial charge in [0.05, 0.1) is 34.2 Å². The fourth-order valence-electron chi connectivity index (χ4n) is 14.7. The van der Waals surface area contributed by atoms with Crippen molar-refractivity contribution >= 4 is 81.1 Å². The summed E-state index contributed by atoms with van der Waals surface area (Å²) in [6, 6.07) is 34.0. The van der Waals surface area contributed by atoms with Crippen LogP contribution in [-0.4, -0.2) is 33.3 Å².